The first-order valence-electron chi connectivity index (χ1n) is 6.29. The third-order valence-electron chi connectivity index (χ3n) is 3.55. The molecule has 0 spiro atoms. The average molecular weight is 244 g/mol. The van der Waals surface area contributed by atoms with Crippen LogP contribution in [0.3, 0.4) is 0 Å². The van der Waals surface area contributed by atoms with E-state index in [4.69, 9.17) is 4.52 Å². The van der Waals surface area contributed by atoms with Gasteiger partial charge in [0, 0.05) is 18.0 Å². The van der Waals surface area contributed by atoms with Gasteiger partial charge in [0.05, 0.1) is 0 Å². The van der Waals surface area contributed by atoms with Crippen molar-refractivity contribution < 1.29 is 4.52 Å². The van der Waals surface area contributed by atoms with E-state index in [0.717, 1.165) is 25.1 Å². The first-order valence-corrected chi connectivity index (χ1v) is 6.29. The van der Waals surface area contributed by atoms with Gasteiger partial charge >= 0.3 is 0 Å². The van der Waals surface area contributed by atoms with Crippen LogP contribution in [0.15, 0.2) is 45.7 Å². The quantitative estimate of drug-likeness (QED) is 0.851. The first kappa shape index (κ1) is 11.3. The van der Waals surface area contributed by atoms with E-state index >= 15 is 0 Å². The second-order valence-corrected chi connectivity index (χ2v) is 4.75. The van der Waals surface area contributed by atoms with Gasteiger partial charge in [-0.1, -0.05) is 30.3 Å². The van der Waals surface area contributed by atoms with Gasteiger partial charge in [0.2, 0.25) is 0 Å². The SMILES string of the molecule is O=c1cc([C@H]2CCN[C@H](c3ccccc3)C2)o[nH]1. The molecule has 1 aromatic heterocycles. The number of benzene rings is 1. The number of hydrogen-bond acceptors (Lipinski definition) is 3. The van der Waals surface area contributed by atoms with E-state index in [1.54, 1.807) is 6.07 Å². The van der Waals surface area contributed by atoms with Crippen molar-refractivity contribution in [1.29, 1.82) is 0 Å². The van der Waals surface area contributed by atoms with E-state index in [1.807, 2.05) is 6.07 Å². The first-order chi connectivity index (χ1) is 8.83. The van der Waals surface area contributed by atoms with Crippen LogP contribution in [-0.4, -0.2) is 11.7 Å². The van der Waals surface area contributed by atoms with Crippen molar-refractivity contribution in [2.45, 2.75) is 24.8 Å². The molecule has 1 saturated heterocycles. The zero-order valence-electron chi connectivity index (χ0n) is 10.1. The summed E-state index contributed by atoms with van der Waals surface area (Å²) in [6.07, 6.45) is 1.97. The smallest absolute Gasteiger partial charge is 0.280 e. The molecule has 4 nitrogen and oxygen atoms in total. The molecular formula is C14H16N2O2. The molecule has 2 aromatic rings. The molecule has 2 atom stereocenters. The molecule has 0 saturated carbocycles. The van der Waals surface area contributed by atoms with Crippen LogP contribution in [0.4, 0.5) is 0 Å². The Bertz CT molecular complexity index is 558. The fourth-order valence-corrected chi connectivity index (χ4v) is 2.61. The van der Waals surface area contributed by atoms with Gasteiger partial charge in [0.15, 0.2) is 0 Å². The molecule has 1 aromatic carbocycles. The van der Waals surface area contributed by atoms with E-state index in [9.17, 15) is 4.79 Å². The molecule has 1 fully saturated rings. The summed E-state index contributed by atoms with van der Waals surface area (Å²) in [4.78, 5) is 11.1. The van der Waals surface area contributed by atoms with E-state index in [1.165, 1.54) is 5.56 Å². The van der Waals surface area contributed by atoms with Crippen molar-refractivity contribution in [3.63, 3.8) is 0 Å². The zero-order valence-corrected chi connectivity index (χ0v) is 10.1. The van der Waals surface area contributed by atoms with Crippen molar-refractivity contribution in [2.24, 2.45) is 0 Å². The third-order valence-corrected chi connectivity index (χ3v) is 3.55. The molecule has 2 N–H and O–H groups in total. The monoisotopic (exact) mass is 244 g/mol. The van der Waals surface area contributed by atoms with Gasteiger partial charge in [-0.05, 0) is 24.9 Å². The maximum Gasteiger partial charge on any atom is 0.280 e. The molecule has 0 aliphatic carbocycles. The van der Waals surface area contributed by atoms with Crippen LogP contribution >= 0.6 is 0 Å². The van der Waals surface area contributed by atoms with Crippen LogP contribution in [-0.2, 0) is 0 Å². The number of rotatable bonds is 2. The molecule has 1 aliphatic rings. The molecule has 0 bridgehead atoms. The van der Waals surface area contributed by atoms with Gasteiger partial charge in [0.25, 0.3) is 5.56 Å². The number of hydrogen-bond donors (Lipinski definition) is 2. The molecule has 94 valence electrons. The van der Waals surface area contributed by atoms with Crippen molar-refractivity contribution in [3.05, 3.63) is 58.1 Å². The topological polar surface area (TPSA) is 58.0 Å². The summed E-state index contributed by atoms with van der Waals surface area (Å²) < 4.78 is 5.22. The third kappa shape index (κ3) is 2.24. The van der Waals surface area contributed by atoms with Crippen LogP contribution in [0.25, 0.3) is 0 Å². The molecule has 18 heavy (non-hydrogen) atoms. The Kier molecular flexibility index (Phi) is 3.02. The molecular weight excluding hydrogens is 228 g/mol. The fourth-order valence-electron chi connectivity index (χ4n) is 2.61. The van der Waals surface area contributed by atoms with Crippen LogP contribution in [0, 0.1) is 0 Å². The highest BCUT2D eigenvalue weighted by Crippen LogP contribution is 2.33. The van der Waals surface area contributed by atoms with Gasteiger partial charge in [-0.2, -0.15) is 5.16 Å². The second kappa shape index (κ2) is 4.82. The van der Waals surface area contributed by atoms with Crippen molar-refractivity contribution in [3.8, 4) is 0 Å². The summed E-state index contributed by atoms with van der Waals surface area (Å²) in [5.41, 5.74) is 1.14. The maximum atomic E-state index is 11.1. The predicted octanol–water partition coefficient (Wildman–Crippen LogP) is 2.18. The minimum Gasteiger partial charge on any atom is -0.383 e. The lowest BCUT2D eigenvalue weighted by atomic mass is 9.87. The maximum absolute atomic E-state index is 11.1. The minimum absolute atomic E-state index is 0.153. The van der Waals surface area contributed by atoms with E-state index < -0.39 is 0 Å². The normalized spacial score (nSPS) is 24.0. The molecule has 4 heteroatoms. The summed E-state index contributed by atoms with van der Waals surface area (Å²) in [6, 6.07) is 12.3. The molecule has 1 aliphatic heterocycles. The van der Waals surface area contributed by atoms with Crippen LogP contribution in [0.5, 0.6) is 0 Å². The van der Waals surface area contributed by atoms with E-state index in [0.29, 0.717) is 12.0 Å². The summed E-state index contributed by atoms with van der Waals surface area (Å²) in [5.74, 6) is 1.10. The average Bonchev–Trinajstić information content (AvgIpc) is 2.87. The summed E-state index contributed by atoms with van der Waals surface area (Å²) in [6.45, 7) is 0.944. The standard InChI is InChI=1S/C14H16N2O2/c17-14-9-13(18-16-14)11-6-7-15-12(8-11)10-4-2-1-3-5-10/h1-5,9,11-12,15H,6-8H2,(H,16,17)/t11-,12-/m0/s1. The van der Waals surface area contributed by atoms with Gasteiger partial charge in [-0.25, -0.2) is 0 Å². The number of aromatic amines is 1. The Morgan fingerprint density at radius 3 is 2.78 bits per heavy atom. The highest BCUT2D eigenvalue weighted by molar-refractivity contribution is 5.20. The Labute approximate surface area is 105 Å². The lowest BCUT2D eigenvalue weighted by Gasteiger charge is -2.29. The second-order valence-electron chi connectivity index (χ2n) is 4.75. The molecule has 3 rings (SSSR count). The summed E-state index contributed by atoms with van der Waals surface area (Å²) in [7, 11) is 0. The highest BCUT2D eigenvalue weighted by atomic mass is 16.5. The van der Waals surface area contributed by atoms with Crippen LogP contribution in [0.1, 0.15) is 36.1 Å². The predicted molar refractivity (Wildman–Crippen MR) is 68.5 cm³/mol. The van der Waals surface area contributed by atoms with Crippen molar-refractivity contribution in [1.82, 2.24) is 10.5 Å². The van der Waals surface area contributed by atoms with Crippen molar-refractivity contribution in [2.75, 3.05) is 6.54 Å². The van der Waals surface area contributed by atoms with E-state index in [2.05, 4.69) is 34.7 Å². The van der Waals surface area contributed by atoms with Crippen LogP contribution < -0.4 is 10.9 Å². The lowest BCUT2D eigenvalue weighted by molar-refractivity contribution is 0.295. The Morgan fingerprint density at radius 2 is 2.06 bits per heavy atom. The largest absolute Gasteiger partial charge is 0.383 e. The summed E-state index contributed by atoms with van der Waals surface area (Å²) >= 11 is 0. The minimum atomic E-state index is -0.153. The van der Waals surface area contributed by atoms with Gasteiger partial charge in [-0.15, -0.1) is 0 Å². The van der Waals surface area contributed by atoms with Gasteiger partial charge < -0.3 is 9.84 Å². The van der Waals surface area contributed by atoms with E-state index in [-0.39, 0.29) is 5.56 Å². The molecule has 2 heterocycles. The lowest BCUT2D eigenvalue weighted by Crippen LogP contribution is -2.30. The number of nitrogens with one attached hydrogen (secondary N) is 2. The molecule has 0 radical (unpaired) electrons. The van der Waals surface area contributed by atoms with Crippen LogP contribution in [0.2, 0.25) is 0 Å². The number of aromatic nitrogens is 1. The van der Waals surface area contributed by atoms with Crippen molar-refractivity contribution >= 4 is 0 Å². The zero-order chi connectivity index (χ0) is 12.4. The highest BCUT2D eigenvalue weighted by Gasteiger charge is 2.26. The Balaban J connectivity index is 1.78. The van der Waals surface area contributed by atoms with Gasteiger partial charge in [-0.3, -0.25) is 4.79 Å². The van der Waals surface area contributed by atoms with Gasteiger partial charge in [0.1, 0.15) is 5.76 Å². The fraction of sp³-hybridized carbons (Fsp3) is 0.357. The molecule has 0 amide bonds. The summed E-state index contributed by atoms with van der Waals surface area (Å²) in [5, 5.41) is 5.88. The number of H-pyrrole nitrogens is 1. The molecule has 0 unspecified atom stereocenters. The Morgan fingerprint density at radius 1 is 1.22 bits per heavy atom. The Hall–Kier alpha value is -1.81. The number of piperidine rings is 1.